The van der Waals surface area contributed by atoms with Crippen LogP contribution in [0.25, 0.3) is 16.9 Å². The van der Waals surface area contributed by atoms with Gasteiger partial charge in [0.25, 0.3) is 0 Å². The summed E-state index contributed by atoms with van der Waals surface area (Å²) < 4.78 is 1.81. The highest BCUT2D eigenvalue weighted by molar-refractivity contribution is 6.31. The molecule has 6 nitrogen and oxygen atoms in total. The first-order valence-electron chi connectivity index (χ1n) is 11.5. The minimum atomic E-state index is -0.533. The van der Waals surface area contributed by atoms with Crippen LogP contribution >= 0.6 is 23.2 Å². The van der Waals surface area contributed by atoms with Crippen molar-refractivity contribution in [3.63, 3.8) is 0 Å². The predicted molar refractivity (Wildman–Crippen MR) is 143 cm³/mol. The van der Waals surface area contributed by atoms with Gasteiger partial charge in [-0.25, -0.2) is 4.68 Å². The highest BCUT2D eigenvalue weighted by Crippen LogP contribution is 2.28. The molecule has 184 valence electrons. The molecule has 1 N–H and O–H groups in total. The van der Waals surface area contributed by atoms with Crippen molar-refractivity contribution < 1.29 is 9.59 Å². The fourth-order valence-corrected chi connectivity index (χ4v) is 4.40. The van der Waals surface area contributed by atoms with Crippen LogP contribution in [0.4, 0.5) is 0 Å². The van der Waals surface area contributed by atoms with Crippen molar-refractivity contribution in [1.82, 2.24) is 20.0 Å². The molecule has 0 aliphatic rings. The summed E-state index contributed by atoms with van der Waals surface area (Å²) in [5.74, 6) is -0.368. The van der Waals surface area contributed by atoms with Gasteiger partial charge in [-0.05, 0) is 35.9 Å². The number of benzene rings is 3. The fraction of sp³-hybridized carbons (Fsp3) is 0.179. The lowest BCUT2D eigenvalue weighted by Crippen LogP contribution is -2.33. The third kappa shape index (κ3) is 6.14. The summed E-state index contributed by atoms with van der Waals surface area (Å²) in [6.45, 7) is 1.76. The minimum Gasteiger partial charge on any atom is -0.349 e. The number of carbonyl (C=O) groups excluding carboxylic acids is 2. The SMILES string of the molecule is CC(=O)N[C@@H](CC(=O)N(C)Cc1cn(-c2ccccc2)nc1-c1ccc(Cl)cc1)c1ccccc1Cl. The van der Waals surface area contributed by atoms with Crippen LogP contribution in [0.1, 0.15) is 30.5 Å². The quantitative estimate of drug-likeness (QED) is 0.306. The number of rotatable bonds is 8. The Kier molecular flexibility index (Phi) is 8.08. The van der Waals surface area contributed by atoms with Gasteiger partial charge in [-0.1, -0.05) is 71.7 Å². The average Bonchev–Trinajstić information content (AvgIpc) is 3.28. The first kappa shape index (κ1) is 25.5. The van der Waals surface area contributed by atoms with Crippen LogP contribution in [0, 0.1) is 0 Å². The van der Waals surface area contributed by atoms with Crippen molar-refractivity contribution in [3.05, 3.63) is 106 Å². The van der Waals surface area contributed by atoms with Crippen LogP contribution < -0.4 is 5.32 Å². The van der Waals surface area contributed by atoms with E-state index >= 15 is 0 Å². The van der Waals surface area contributed by atoms with Gasteiger partial charge in [0.2, 0.25) is 11.8 Å². The lowest BCUT2D eigenvalue weighted by atomic mass is 10.0. The first-order chi connectivity index (χ1) is 17.3. The van der Waals surface area contributed by atoms with E-state index in [4.69, 9.17) is 28.3 Å². The molecule has 0 aliphatic carbocycles. The number of para-hydroxylation sites is 1. The second-order valence-corrected chi connectivity index (χ2v) is 9.36. The Labute approximate surface area is 220 Å². The molecular weight excluding hydrogens is 495 g/mol. The maximum Gasteiger partial charge on any atom is 0.225 e. The number of hydrogen-bond donors (Lipinski definition) is 1. The van der Waals surface area contributed by atoms with E-state index in [1.54, 1.807) is 22.7 Å². The number of nitrogens with zero attached hydrogens (tertiary/aromatic N) is 3. The molecule has 0 fully saturated rings. The minimum absolute atomic E-state index is 0.0723. The normalized spacial score (nSPS) is 11.7. The first-order valence-corrected chi connectivity index (χ1v) is 12.2. The van der Waals surface area contributed by atoms with Crippen molar-refractivity contribution in [1.29, 1.82) is 0 Å². The summed E-state index contributed by atoms with van der Waals surface area (Å²) in [7, 11) is 1.74. The molecule has 4 rings (SSSR count). The molecule has 1 aromatic heterocycles. The van der Waals surface area contributed by atoms with E-state index in [1.165, 1.54) is 6.92 Å². The largest absolute Gasteiger partial charge is 0.349 e. The zero-order chi connectivity index (χ0) is 25.7. The zero-order valence-electron chi connectivity index (χ0n) is 20.0. The average molecular weight is 521 g/mol. The molecular formula is C28H26Cl2N4O2. The van der Waals surface area contributed by atoms with Gasteiger partial charge in [-0.15, -0.1) is 0 Å². The van der Waals surface area contributed by atoms with Gasteiger partial charge in [0.15, 0.2) is 0 Å². The summed E-state index contributed by atoms with van der Waals surface area (Å²) >= 11 is 12.5. The number of halogens is 2. The van der Waals surface area contributed by atoms with Crippen molar-refractivity contribution in [2.24, 2.45) is 0 Å². The molecule has 1 atom stereocenters. The maximum atomic E-state index is 13.3. The third-order valence-electron chi connectivity index (χ3n) is 5.80. The van der Waals surface area contributed by atoms with Crippen molar-refractivity contribution in [2.45, 2.75) is 25.9 Å². The van der Waals surface area contributed by atoms with Crippen LogP contribution in [-0.2, 0) is 16.1 Å². The van der Waals surface area contributed by atoms with Gasteiger partial charge in [-0.2, -0.15) is 5.10 Å². The monoisotopic (exact) mass is 520 g/mol. The second kappa shape index (κ2) is 11.4. The van der Waals surface area contributed by atoms with E-state index in [-0.39, 0.29) is 18.2 Å². The number of carbonyl (C=O) groups is 2. The van der Waals surface area contributed by atoms with E-state index in [0.717, 1.165) is 22.5 Å². The molecule has 2 amide bonds. The lowest BCUT2D eigenvalue weighted by Gasteiger charge is -2.23. The second-order valence-electron chi connectivity index (χ2n) is 8.52. The van der Waals surface area contributed by atoms with Gasteiger partial charge in [0, 0.05) is 47.9 Å². The molecule has 0 spiro atoms. The molecule has 0 radical (unpaired) electrons. The summed E-state index contributed by atoms with van der Waals surface area (Å²) in [6, 6.07) is 23.9. The molecule has 4 aromatic rings. The molecule has 0 bridgehead atoms. The predicted octanol–water partition coefficient (Wildman–Crippen LogP) is 6.07. The van der Waals surface area contributed by atoms with E-state index in [1.807, 2.05) is 79.0 Å². The van der Waals surface area contributed by atoms with Crippen molar-refractivity contribution >= 4 is 35.0 Å². The molecule has 36 heavy (non-hydrogen) atoms. The topological polar surface area (TPSA) is 67.2 Å². The van der Waals surface area contributed by atoms with E-state index in [0.29, 0.717) is 22.2 Å². The summed E-state index contributed by atoms with van der Waals surface area (Å²) in [4.78, 5) is 26.8. The Morgan fingerprint density at radius 3 is 2.31 bits per heavy atom. The van der Waals surface area contributed by atoms with Gasteiger partial charge < -0.3 is 10.2 Å². The molecule has 0 saturated heterocycles. The van der Waals surface area contributed by atoms with Crippen molar-refractivity contribution in [3.8, 4) is 16.9 Å². The maximum absolute atomic E-state index is 13.3. The van der Waals surface area contributed by atoms with E-state index in [9.17, 15) is 9.59 Å². The molecule has 1 heterocycles. The molecule has 3 aromatic carbocycles. The molecule has 8 heteroatoms. The molecule has 0 unspecified atom stereocenters. The number of hydrogen-bond acceptors (Lipinski definition) is 3. The Balaban J connectivity index is 1.60. The van der Waals surface area contributed by atoms with Crippen LogP contribution in [0.5, 0.6) is 0 Å². The van der Waals surface area contributed by atoms with E-state index < -0.39 is 6.04 Å². The molecule has 0 saturated carbocycles. The summed E-state index contributed by atoms with van der Waals surface area (Å²) in [6.07, 6.45) is 2.01. The smallest absolute Gasteiger partial charge is 0.225 e. The van der Waals surface area contributed by atoms with Gasteiger partial charge in [-0.3, -0.25) is 9.59 Å². The Morgan fingerprint density at radius 2 is 1.64 bits per heavy atom. The van der Waals surface area contributed by atoms with Gasteiger partial charge >= 0.3 is 0 Å². The van der Waals surface area contributed by atoms with Gasteiger partial charge in [0.05, 0.1) is 23.8 Å². The zero-order valence-corrected chi connectivity index (χ0v) is 21.5. The van der Waals surface area contributed by atoms with E-state index in [2.05, 4.69) is 5.32 Å². The van der Waals surface area contributed by atoms with Crippen LogP contribution in [0.15, 0.2) is 85.1 Å². The highest BCUT2D eigenvalue weighted by atomic mass is 35.5. The van der Waals surface area contributed by atoms with Crippen molar-refractivity contribution in [2.75, 3.05) is 7.05 Å². The van der Waals surface area contributed by atoms with Crippen LogP contribution in [-0.4, -0.2) is 33.5 Å². The summed E-state index contributed by atoms with van der Waals surface area (Å²) in [5, 5.41) is 8.81. The third-order valence-corrected chi connectivity index (χ3v) is 6.39. The fourth-order valence-electron chi connectivity index (χ4n) is 4.01. The molecule has 0 aliphatic heterocycles. The standard InChI is InChI=1S/C28H26Cl2N4O2/c1-19(35)31-26(24-10-6-7-11-25(24)30)16-27(36)33(2)17-21-18-34(23-8-4-3-5-9-23)32-28(21)20-12-14-22(29)15-13-20/h3-15,18,26H,16-17H2,1-2H3,(H,31,35)/t26-/m0/s1. The lowest BCUT2D eigenvalue weighted by molar-refractivity contribution is -0.131. The Hall–Kier alpha value is -3.61. The van der Waals surface area contributed by atoms with Gasteiger partial charge in [0.1, 0.15) is 0 Å². The Bertz CT molecular complexity index is 1350. The number of amides is 2. The Morgan fingerprint density at radius 1 is 0.972 bits per heavy atom. The van der Waals surface area contributed by atoms with Crippen LogP contribution in [0.2, 0.25) is 10.0 Å². The highest BCUT2D eigenvalue weighted by Gasteiger charge is 2.23. The number of aromatic nitrogens is 2. The van der Waals surface area contributed by atoms with Crippen LogP contribution in [0.3, 0.4) is 0 Å². The number of nitrogens with one attached hydrogen (secondary N) is 1. The summed E-state index contributed by atoms with van der Waals surface area (Å²) in [5.41, 5.74) is 4.16.